The number of rotatable bonds is 4. The average Bonchev–Trinajstić information content (AvgIpc) is 3.23. The highest BCUT2D eigenvalue weighted by Crippen LogP contribution is 2.31. The molecular formula is C20H20ClN5O2. The number of aromatic nitrogens is 3. The molecule has 28 heavy (non-hydrogen) atoms. The van der Waals surface area contributed by atoms with Gasteiger partial charge < -0.3 is 15.0 Å². The molecule has 1 aliphatic heterocycles. The summed E-state index contributed by atoms with van der Waals surface area (Å²) in [7, 11) is 1.64. The maximum atomic E-state index is 13.2. The fraction of sp³-hybridized carbons (Fsp3) is 0.250. The third kappa shape index (κ3) is 3.46. The van der Waals surface area contributed by atoms with Crippen molar-refractivity contribution in [2.75, 3.05) is 26.7 Å². The number of halogens is 1. The summed E-state index contributed by atoms with van der Waals surface area (Å²) in [5.74, 6) is 0.587. The first kappa shape index (κ1) is 18.5. The molecule has 1 unspecified atom stereocenters. The molecule has 1 N–H and O–H groups in total. The van der Waals surface area contributed by atoms with Crippen LogP contribution >= 0.6 is 11.6 Å². The number of hydrogen-bond acceptors (Lipinski definition) is 5. The molecule has 3 aromatic rings. The van der Waals surface area contributed by atoms with Crippen molar-refractivity contribution < 1.29 is 9.53 Å². The molecule has 0 saturated carbocycles. The first-order valence-electron chi connectivity index (χ1n) is 9.01. The molecule has 0 spiro atoms. The average molecular weight is 398 g/mol. The van der Waals surface area contributed by atoms with Crippen LogP contribution in [0.5, 0.6) is 5.75 Å². The van der Waals surface area contributed by atoms with Gasteiger partial charge in [-0.25, -0.2) is 4.68 Å². The van der Waals surface area contributed by atoms with Crippen LogP contribution in [0.15, 0.2) is 54.7 Å². The van der Waals surface area contributed by atoms with E-state index in [4.69, 9.17) is 16.3 Å². The van der Waals surface area contributed by atoms with Crippen molar-refractivity contribution in [3.05, 3.63) is 71.0 Å². The first-order chi connectivity index (χ1) is 13.7. The summed E-state index contributed by atoms with van der Waals surface area (Å²) in [4.78, 5) is 15.0. The summed E-state index contributed by atoms with van der Waals surface area (Å²) in [6, 6.07) is 14.9. The van der Waals surface area contributed by atoms with Gasteiger partial charge in [-0.2, -0.15) is 0 Å². The van der Waals surface area contributed by atoms with Crippen LogP contribution in [-0.4, -0.2) is 52.5 Å². The van der Waals surface area contributed by atoms with Crippen LogP contribution < -0.4 is 10.1 Å². The van der Waals surface area contributed by atoms with Crippen molar-refractivity contribution in [1.82, 2.24) is 25.2 Å². The van der Waals surface area contributed by atoms with Gasteiger partial charge in [-0.3, -0.25) is 4.79 Å². The smallest absolute Gasteiger partial charge is 0.276 e. The van der Waals surface area contributed by atoms with E-state index in [1.165, 1.54) is 4.68 Å². The summed E-state index contributed by atoms with van der Waals surface area (Å²) in [6.07, 6.45) is 1.62. The Morgan fingerprint density at radius 2 is 2.00 bits per heavy atom. The van der Waals surface area contributed by atoms with Gasteiger partial charge in [-0.1, -0.05) is 47.1 Å². The van der Waals surface area contributed by atoms with Gasteiger partial charge in [0.15, 0.2) is 5.69 Å². The van der Waals surface area contributed by atoms with Crippen LogP contribution in [0.2, 0.25) is 5.02 Å². The van der Waals surface area contributed by atoms with E-state index in [0.29, 0.717) is 23.8 Å². The van der Waals surface area contributed by atoms with Gasteiger partial charge in [-0.15, -0.1) is 5.10 Å². The Morgan fingerprint density at radius 1 is 1.21 bits per heavy atom. The second kappa shape index (κ2) is 8.00. The fourth-order valence-corrected chi connectivity index (χ4v) is 3.65. The van der Waals surface area contributed by atoms with Crippen LogP contribution in [0.3, 0.4) is 0 Å². The van der Waals surface area contributed by atoms with E-state index in [2.05, 4.69) is 15.6 Å². The van der Waals surface area contributed by atoms with Crippen LogP contribution in [0.4, 0.5) is 0 Å². The zero-order valence-corrected chi connectivity index (χ0v) is 16.1. The Balaban J connectivity index is 1.64. The quantitative estimate of drug-likeness (QED) is 0.732. The van der Waals surface area contributed by atoms with Crippen molar-refractivity contribution in [2.45, 2.75) is 6.04 Å². The predicted octanol–water partition coefficient (Wildman–Crippen LogP) is 2.72. The second-order valence-corrected chi connectivity index (χ2v) is 6.87. The summed E-state index contributed by atoms with van der Waals surface area (Å²) in [5, 5.41) is 12.1. The first-order valence-corrected chi connectivity index (χ1v) is 9.38. The number of piperazine rings is 1. The minimum atomic E-state index is -0.171. The van der Waals surface area contributed by atoms with Crippen LogP contribution in [0.1, 0.15) is 22.1 Å². The van der Waals surface area contributed by atoms with Crippen molar-refractivity contribution in [3.63, 3.8) is 0 Å². The molecule has 0 bridgehead atoms. The van der Waals surface area contributed by atoms with Crippen molar-refractivity contribution in [1.29, 1.82) is 0 Å². The Labute approximate surface area is 167 Å². The lowest BCUT2D eigenvalue weighted by molar-refractivity contribution is 0.0625. The number of ether oxygens (including phenoxy) is 1. The Hall–Kier alpha value is -2.90. The SMILES string of the molecule is COc1ccccc1C1CNCCN1C(=O)c1cn(-c2ccccc2Cl)nn1. The van der Waals surface area contributed by atoms with Gasteiger partial charge in [0.25, 0.3) is 5.91 Å². The molecule has 1 fully saturated rings. The van der Waals surface area contributed by atoms with E-state index < -0.39 is 0 Å². The summed E-state index contributed by atoms with van der Waals surface area (Å²) in [5.41, 5.74) is 1.92. The van der Waals surface area contributed by atoms with Crippen molar-refractivity contribution >= 4 is 17.5 Å². The topological polar surface area (TPSA) is 72.3 Å². The van der Waals surface area contributed by atoms with Crippen molar-refractivity contribution in [3.8, 4) is 11.4 Å². The molecule has 2 aromatic carbocycles. The number of nitrogens with one attached hydrogen (secondary N) is 1. The molecule has 8 heteroatoms. The lowest BCUT2D eigenvalue weighted by Crippen LogP contribution is -2.48. The lowest BCUT2D eigenvalue weighted by Gasteiger charge is -2.36. The van der Waals surface area contributed by atoms with Gasteiger partial charge in [0.2, 0.25) is 0 Å². The zero-order chi connectivity index (χ0) is 19.5. The third-order valence-corrected chi connectivity index (χ3v) is 5.13. The predicted molar refractivity (Wildman–Crippen MR) is 106 cm³/mol. The Morgan fingerprint density at radius 3 is 2.82 bits per heavy atom. The number of carbonyl (C=O) groups excluding carboxylic acids is 1. The van der Waals surface area contributed by atoms with Crippen LogP contribution in [0, 0.1) is 0 Å². The largest absolute Gasteiger partial charge is 0.496 e. The van der Waals surface area contributed by atoms with Crippen molar-refractivity contribution in [2.24, 2.45) is 0 Å². The molecule has 0 aliphatic carbocycles. The monoisotopic (exact) mass is 397 g/mol. The van der Waals surface area contributed by atoms with Gasteiger partial charge in [-0.05, 0) is 18.2 Å². The van der Waals surface area contributed by atoms with Gasteiger partial charge in [0, 0.05) is 25.2 Å². The highest BCUT2D eigenvalue weighted by atomic mass is 35.5. The molecule has 1 saturated heterocycles. The number of hydrogen-bond donors (Lipinski definition) is 1. The molecule has 1 aliphatic rings. The Kier molecular flexibility index (Phi) is 5.27. The Bertz CT molecular complexity index is 990. The van der Waals surface area contributed by atoms with E-state index >= 15 is 0 Å². The number of benzene rings is 2. The van der Waals surface area contributed by atoms with E-state index in [9.17, 15) is 4.79 Å². The fourth-order valence-electron chi connectivity index (χ4n) is 3.43. The molecule has 1 atom stereocenters. The van der Waals surface area contributed by atoms with Gasteiger partial charge in [0.1, 0.15) is 5.75 Å². The zero-order valence-electron chi connectivity index (χ0n) is 15.4. The standard InChI is InChI=1S/C20H20ClN5O2/c1-28-19-9-5-2-6-14(19)18-12-22-10-11-25(18)20(27)16-13-26(24-23-16)17-8-4-3-7-15(17)21/h2-9,13,18,22H,10-12H2,1H3. The summed E-state index contributed by atoms with van der Waals surface area (Å²) >= 11 is 6.23. The summed E-state index contributed by atoms with van der Waals surface area (Å²) < 4.78 is 7.02. The molecule has 1 aromatic heterocycles. The molecule has 1 amide bonds. The van der Waals surface area contributed by atoms with Gasteiger partial charge in [0.05, 0.1) is 30.1 Å². The summed E-state index contributed by atoms with van der Waals surface area (Å²) in [6.45, 7) is 1.93. The van der Waals surface area contributed by atoms with Crippen LogP contribution in [-0.2, 0) is 0 Å². The normalized spacial score (nSPS) is 16.8. The maximum Gasteiger partial charge on any atom is 0.276 e. The number of para-hydroxylation sites is 2. The van der Waals surface area contributed by atoms with Gasteiger partial charge >= 0.3 is 0 Å². The minimum absolute atomic E-state index is 0.150. The minimum Gasteiger partial charge on any atom is -0.496 e. The van der Waals surface area contributed by atoms with E-state index in [1.807, 2.05) is 47.4 Å². The molecule has 4 rings (SSSR count). The molecule has 144 valence electrons. The number of amides is 1. The van der Waals surface area contributed by atoms with E-state index in [0.717, 1.165) is 17.9 Å². The highest BCUT2D eigenvalue weighted by Gasteiger charge is 2.31. The third-order valence-electron chi connectivity index (χ3n) is 4.81. The number of methoxy groups -OCH3 is 1. The van der Waals surface area contributed by atoms with E-state index in [-0.39, 0.29) is 17.6 Å². The molecule has 2 heterocycles. The molecular weight excluding hydrogens is 378 g/mol. The second-order valence-electron chi connectivity index (χ2n) is 6.46. The van der Waals surface area contributed by atoms with E-state index in [1.54, 1.807) is 19.4 Å². The maximum absolute atomic E-state index is 13.2. The van der Waals surface area contributed by atoms with Crippen LogP contribution in [0.25, 0.3) is 5.69 Å². The molecule has 0 radical (unpaired) electrons. The number of nitrogens with zero attached hydrogens (tertiary/aromatic N) is 4. The lowest BCUT2D eigenvalue weighted by atomic mass is 10.0. The number of carbonyl (C=O) groups is 1. The molecule has 7 nitrogen and oxygen atoms in total. The highest BCUT2D eigenvalue weighted by molar-refractivity contribution is 6.32.